The third-order valence-electron chi connectivity index (χ3n) is 5.11. The predicted molar refractivity (Wildman–Crippen MR) is 123 cm³/mol. The van der Waals surface area contributed by atoms with Crippen LogP contribution in [0, 0.1) is 0 Å². The lowest BCUT2D eigenvalue weighted by molar-refractivity contribution is -0.0483. The molecule has 0 radical (unpaired) electrons. The van der Waals surface area contributed by atoms with Crippen molar-refractivity contribution in [3.63, 3.8) is 0 Å². The average molecular weight is 550 g/mol. The zero-order valence-electron chi connectivity index (χ0n) is 17.8. The van der Waals surface area contributed by atoms with Crippen LogP contribution < -0.4 is 5.32 Å². The van der Waals surface area contributed by atoms with Crippen molar-refractivity contribution >= 4 is 43.8 Å². The molecule has 0 aliphatic carbocycles. The monoisotopic (exact) mass is 549 g/mol. The van der Waals surface area contributed by atoms with Crippen LogP contribution in [0.2, 0.25) is 5.28 Å². The molecule has 14 nitrogen and oxygen atoms in total. The summed E-state index contributed by atoms with van der Waals surface area (Å²) in [6.45, 7) is -0.290. The summed E-state index contributed by atoms with van der Waals surface area (Å²) in [5, 5.41) is 23.9. The Labute approximate surface area is 203 Å². The highest BCUT2D eigenvalue weighted by Gasteiger charge is 2.45. The van der Waals surface area contributed by atoms with Crippen molar-refractivity contribution < 1.29 is 43.3 Å². The Morgan fingerprint density at radius 1 is 1.11 bits per heavy atom. The first-order valence-corrected chi connectivity index (χ1v) is 14.1. The Bertz CT molecular complexity index is 1290. The predicted octanol–water partition coefficient (Wildman–Crippen LogP) is 1.05. The van der Waals surface area contributed by atoms with Crippen molar-refractivity contribution in [2.45, 2.75) is 31.1 Å². The molecule has 3 aromatic rings. The van der Waals surface area contributed by atoms with Crippen LogP contribution in [-0.4, -0.2) is 75.2 Å². The minimum absolute atomic E-state index is 0.110. The normalized spacial score (nSPS) is 24.5. The number of aliphatic hydroxyl groups excluding tert-OH is 2. The van der Waals surface area contributed by atoms with E-state index in [1.807, 2.05) is 30.3 Å². The standard InChI is InChI=1S/C18H22ClN5O9P2/c19-18-22-15(20-6-10-4-2-1-3-5-10)12-16(23-18)24(8-21-12)17-14(26)13(25)11(33-17)7-32-35(30,31)9-34(27,28)29/h1-5,8,11,13-14,17,25-26H,6-7,9H2,(H,30,31)(H,20,22,23)(H2,27,28,29). The number of hydrogen-bond donors (Lipinski definition) is 6. The van der Waals surface area contributed by atoms with Gasteiger partial charge in [-0.25, -0.2) is 4.98 Å². The fraction of sp³-hybridized carbons (Fsp3) is 0.389. The minimum atomic E-state index is -4.83. The molecule has 0 amide bonds. The highest BCUT2D eigenvalue weighted by molar-refractivity contribution is 7.70. The fourth-order valence-corrected chi connectivity index (χ4v) is 6.27. The lowest BCUT2D eigenvalue weighted by atomic mass is 10.1. The highest BCUT2D eigenvalue weighted by atomic mass is 35.5. The molecule has 5 atom stereocenters. The van der Waals surface area contributed by atoms with Gasteiger partial charge in [0.2, 0.25) is 5.28 Å². The van der Waals surface area contributed by atoms with Gasteiger partial charge in [-0.1, -0.05) is 30.3 Å². The summed E-state index contributed by atoms with van der Waals surface area (Å²) in [6, 6.07) is 9.51. The van der Waals surface area contributed by atoms with Gasteiger partial charge in [-0.15, -0.1) is 0 Å². The maximum absolute atomic E-state index is 11.9. The number of anilines is 1. The highest BCUT2D eigenvalue weighted by Crippen LogP contribution is 2.55. The van der Waals surface area contributed by atoms with Crippen molar-refractivity contribution in [2.75, 3.05) is 17.8 Å². The molecular formula is C18H22ClN5O9P2. The van der Waals surface area contributed by atoms with E-state index >= 15 is 0 Å². The van der Waals surface area contributed by atoms with E-state index in [1.54, 1.807) is 0 Å². The van der Waals surface area contributed by atoms with Crippen LogP contribution in [0.4, 0.5) is 5.82 Å². The smallest absolute Gasteiger partial charge is 0.340 e. The van der Waals surface area contributed by atoms with Gasteiger partial charge in [-0.3, -0.25) is 13.7 Å². The van der Waals surface area contributed by atoms with Crippen LogP contribution in [0.5, 0.6) is 0 Å². The maximum Gasteiger partial charge on any atom is 0.340 e. The molecule has 1 saturated heterocycles. The van der Waals surface area contributed by atoms with E-state index in [4.69, 9.17) is 30.6 Å². The molecule has 0 saturated carbocycles. The van der Waals surface area contributed by atoms with Crippen LogP contribution in [0.15, 0.2) is 36.7 Å². The number of nitrogens with one attached hydrogen (secondary N) is 1. The van der Waals surface area contributed by atoms with Crippen molar-refractivity contribution in [3.8, 4) is 0 Å². The quantitative estimate of drug-likeness (QED) is 0.163. The molecule has 6 N–H and O–H groups in total. The molecule has 190 valence electrons. The molecule has 1 aliphatic rings. The Kier molecular flexibility index (Phi) is 7.60. The second-order valence-electron chi connectivity index (χ2n) is 7.79. The summed E-state index contributed by atoms with van der Waals surface area (Å²) in [7, 11) is -9.51. The summed E-state index contributed by atoms with van der Waals surface area (Å²) in [4.78, 5) is 40.0. The minimum Gasteiger partial charge on any atom is -0.387 e. The van der Waals surface area contributed by atoms with Gasteiger partial charge in [0, 0.05) is 6.54 Å². The Morgan fingerprint density at radius 2 is 1.83 bits per heavy atom. The Hall–Kier alpha value is -1.96. The Morgan fingerprint density at radius 3 is 2.51 bits per heavy atom. The lowest BCUT2D eigenvalue weighted by Gasteiger charge is -2.18. The van der Waals surface area contributed by atoms with Crippen molar-refractivity contribution in [3.05, 3.63) is 47.5 Å². The molecule has 1 aromatic carbocycles. The summed E-state index contributed by atoms with van der Waals surface area (Å²) in [5.74, 6) is -1.07. The van der Waals surface area contributed by atoms with Crippen molar-refractivity contribution in [1.82, 2.24) is 19.5 Å². The number of rotatable bonds is 9. The topological polar surface area (TPSA) is 209 Å². The number of aliphatic hydroxyl groups is 2. The summed E-state index contributed by atoms with van der Waals surface area (Å²) < 4.78 is 34.5. The second-order valence-corrected chi connectivity index (χ2v) is 12.1. The van der Waals surface area contributed by atoms with E-state index in [1.165, 1.54) is 10.9 Å². The lowest BCUT2D eigenvalue weighted by Crippen LogP contribution is -2.33. The van der Waals surface area contributed by atoms with Gasteiger partial charge in [0.15, 0.2) is 29.1 Å². The van der Waals surface area contributed by atoms with E-state index < -0.39 is 52.2 Å². The zero-order valence-corrected chi connectivity index (χ0v) is 20.4. The Balaban J connectivity index is 1.52. The van der Waals surface area contributed by atoms with Crippen LogP contribution in [-0.2, 0) is 24.9 Å². The fourth-order valence-electron chi connectivity index (χ4n) is 3.54. The van der Waals surface area contributed by atoms with Crippen LogP contribution in [0.25, 0.3) is 11.2 Å². The molecule has 3 heterocycles. The van der Waals surface area contributed by atoms with E-state index in [9.17, 15) is 24.2 Å². The van der Waals surface area contributed by atoms with Crippen LogP contribution >= 0.6 is 26.8 Å². The summed E-state index contributed by atoms with van der Waals surface area (Å²) in [6.07, 6.45) is -4.29. The number of benzene rings is 1. The van der Waals surface area contributed by atoms with Gasteiger partial charge >= 0.3 is 15.2 Å². The van der Waals surface area contributed by atoms with E-state index in [2.05, 4.69) is 20.3 Å². The number of hydrogen-bond acceptors (Lipinski definition) is 10. The van der Waals surface area contributed by atoms with E-state index in [0.717, 1.165) is 5.56 Å². The van der Waals surface area contributed by atoms with Gasteiger partial charge < -0.3 is 39.5 Å². The molecular weight excluding hydrogens is 528 g/mol. The number of halogens is 1. The van der Waals surface area contributed by atoms with Gasteiger partial charge in [-0.05, 0) is 17.2 Å². The molecule has 0 spiro atoms. The molecule has 1 aliphatic heterocycles. The largest absolute Gasteiger partial charge is 0.387 e. The summed E-state index contributed by atoms with van der Waals surface area (Å²) in [5.41, 5.74) is 1.49. The molecule has 17 heteroatoms. The maximum atomic E-state index is 11.9. The number of imidazole rings is 1. The average Bonchev–Trinajstić information content (AvgIpc) is 3.31. The number of nitrogens with zero attached hydrogens (tertiary/aromatic N) is 4. The van der Waals surface area contributed by atoms with Crippen molar-refractivity contribution in [2.24, 2.45) is 0 Å². The SMILES string of the molecule is O=P(O)(O)CP(=O)(O)OCC1OC(n2cnc3c(NCc4ccccc4)nc(Cl)nc32)C(O)C1O. The third-order valence-corrected chi connectivity index (χ3v) is 8.74. The molecule has 4 rings (SSSR count). The van der Waals surface area contributed by atoms with Gasteiger partial charge in [0.05, 0.1) is 12.9 Å². The first kappa shape index (κ1) is 26.1. The van der Waals surface area contributed by atoms with Crippen molar-refractivity contribution in [1.29, 1.82) is 0 Å². The zero-order chi connectivity index (χ0) is 25.4. The van der Waals surface area contributed by atoms with Gasteiger partial charge in [0.1, 0.15) is 18.3 Å². The van der Waals surface area contributed by atoms with Crippen LogP contribution in [0.1, 0.15) is 11.8 Å². The van der Waals surface area contributed by atoms with E-state index in [0.29, 0.717) is 17.9 Å². The molecule has 5 unspecified atom stereocenters. The molecule has 35 heavy (non-hydrogen) atoms. The number of fused-ring (bicyclic) bond motifs is 1. The third kappa shape index (κ3) is 6.25. The first-order chi connectivity index (χ1) is 16.4. The van der Waals surface area contributed by atoms with Crippen LogP contribution in [0.3, 0.4) is 0 Å². The van der Waals surface area contributed by atoms with E-state index in [-0.39, 0.29) is 10.9 Å². The number of ether oxygens (including phenoxy) is 1. The van der Waals surface area contributed by atoms with Gasteiger partial charge in [-0.2, -0.15) is 9.97 Å². The first-order valence-electron chi connectivity index (χ1n) is 10.1. The number of aromatic nitrogens is 4. The molecule has 0 bridgehead atoms. The molecule has 1 fully saturated rings. The summed E-state index contributed by atoms with van der Waals surface area (Å²) >= 11 is 6.09. The molecule has 2 aromatic heterocycles. The van der Waals surface area contributed by atoms with Gasteiger partial charge in [0.25, 0.3) is 0 Å². The second kappa shape index (κ2) is 10.2.